The molecule has 116 valence electrons. The minimum atomic E-state index is -1.12. The molecule has 2 heterocycles. The Bertz CT molecular complexity index is 456. The number of aromatic nitrogens is 1. The van der Waals surface area contributed by atoms with Crippen molar-refractivity contribution in [1.82, 2.24) is 9.88 Å². The Hall–Kier alpha value is -1.66. The number of carboxylic acids is 1. The van der Waals surface area contributed by atoms with E-state index in [1.165, 1.54) is 0 Å². The summed E-state index contributed by atoms with van der Waals surface area (Å²) in [5.74, 6) is 0.0973. The molecule has 1 fully saturated rings. The van der Waals surface area contributed by atoms with Crippen molar-refractivity contribution in [2.24, 2.45) is 5.73 Å². The van der Waals surface area contributed by atoms with Crippen LogP contribution in [0.1, 0.15) is 19.8 Å². The van der Waals surface area contributed by atoms with E-state index in [0.29, 0.717) is 6.42 Å². The molecule has 1 aromatic rings. The lowest BCUT2D eigenvalue weighted by Gasteiger charge is -2.35. The van der Waals surface area contributed by atoms with E-state index in [2.05, 4.69) is 14.8 Å². The van der Waals surface area contributed by atoms with Crippen molar-refractivity contribution < 1.29 is 9.90 Å². The maximum atomic E-state index is 11.0. The molecule has 0 radical (unpaired) electrons. The standard InChI is InChI=1S/C15H24N4O2/c1-15(16,14(20)21)6-4-8-18-9-11-19(12-10-18)13-5-2-3-7-17-13/h2-3,5,7H,4,6,8-12,16H2,1H3,(H,20,21). The van der Waals surface area contributed by atoms with Gasteiger partial charge in [0.05, 0.1) is 0 Å². The minimum Gasteiger partial charge on any atom is -0.480 e. The summed E-state index contributed by atoms with van der Waals surface area (Å²) >= 11 is 0. The predicted octanol–water partition coefficient (Wildman–Crippen LogP) is 0.786. The zero-order valence-electron chi connectivity index (χ0n) is 12.5. The van der Waals surface area contributed by atoms with Gasteiger partial charge in [-0.15, -0.1) is 0 Å². The van der Waals surface area contributed by atoms with Crippen LogP contribution in [0, 0.1) is 0 Å². The number of nitrogens with two attached hydrogens (primary N) is 1. The van der Waals surface area contributed by atoms with Gasteiger partial charge in [-0.25, -0.2) is 4.98 Å². The van der Waals surface area contributed by atoms with Crippen LogP contribution in [-0.4, -0.2) is 59.2 Å². The van der Waals surface area contributed by atoms with E-state index in [-0.39, 0.29) is 0 Å². The van der Waals surface area contributed by atoms with Crippen molar-refractivity contribution in [3.05, 3.63) is 24.4 Å². The van der Waals surface area contributed by atoms with Crippen LogP contribution in [0.15, 0.2) is 24.4 Å². The summed E-state index contributed by atoms with van der Waals surface area (Å²) in [6, 6.07) is 5.96. The quantitative estimate of drug-likeness (QED) is 0.806. The molecule has 1 aliphatic heterocycles. The van der Waals surface area contributed by atoms with Crippen LogP contribution in [0.3, 0.4) is 0 Å². The van der Waals surface area contributed by atoms with E-state index < -0.39 is 11.5 Å². The molecule has 0 spiro atoms. The zero-order valence-corrected chi connectivity index (χ0v) is 12.5. The molecule has 1 atom stereocenters. The number of carboxylic acid groups (broad SMARTS) is 1. The average Bonchev–Trinajstić information content (AvgIpc) is 2.48. The lowest BCUT2D eigenvalue weighted by molar-refractivity contribution is -0.142. The van der Waals surface area contributed by atoms with Crippen LogP contribution in [0.2, 0.25) is 0 Å². The second kappa shape index (κ2) is 6.87. The number of aliphatic carboxylic acids is 1. The van der Waals surface area contributed by atoms with Crippen molar-refractivity contribution in [1.29, 1.82) is 0 Å². The number of rotatable bonds is 6. The molecule has 6 nitrogen and oxygen atoms in total. The number of nitrogens with zero attached hydrogens (tertiary/aromatic N) is 3. The molecule has 0 aliphatic carbocycles. The molecule has 3 N–H and O–H groups in total. The van der Waals surface area contributed by atoms with Crippen molar-refractivity contribution in [2.75, 3.05) is 37.6 Å². The summed E-state index contributed by atoms with van der Waals surface area (Å²) in [6.07, 6.45) is 3.13. The van der Waals surface area contributed by atoms with E-state index in [1.807, 2.05) is 24.4 Å². The Kier molecular flexibility index (Phi) is 5.14. The van der Waals surface area contributed by atoms with Crippen molar-refractivity contribution >= 4 is 11.8 Å². The predicted molar refractivity (Wildman–Crippen MR) is 82.4 cm³/mol. The molecule has 0 saturated carbocycles. The van der Waals surface area contributed by atoms with Gasteiger partial charge in [0, 0.05) is 32.4 Å². The van der Waals surface area contributed by atoms with Crippen LogP contribution < -0.4 is 10.6 Å². The summed E-state index contributed by atoms with van der Waals surface area (Å²) in [4.78, 5) is 20.0. The molecular formula is C15H24N4O2. The summed E-state index contributed by atoms with van der Waals surface area (Å²) in [7, 11) is 0. The number of carbonyl (C=O) groups is 1. The fourth-order valence-electron chi connectivity index (χ4n) is 2.52. The Morgan fingerprint density at radius 1 is 1.38 bits per heavy atom. The molecule has 21 heavy (non-hydrogen) atoms. The molecule has 1 aromatic heterocycles. The van der Waals surface area contributed by atoms with Gasteiger partial charge in [0.2, 0.25) is 0 Å². The van der Waals surface area contributed by atoms with E-state index in [9.17, 15) is 4.79 Å². The third kappa shape index (κ3) is 4.41. The first-order valence-corrected chi connectivity index (χ1v) is 7.40. The number of pyridine rings is 1. The van der Waals surface area contributed by atoms with Crippen LogP contribution >= 0.6 is 0 Å². The summed E-state index contributed by atoms with van der Waals surface area (Å²) < 4.78 is 0. The molecule has 1 unspecified atom stereocenters. The van der Waals surface area contributed by atoms with Crippen LogP contribution in [-0.2, 0) is 4.79 Å². The molecular weight excluding hydrogens is 268 g/mol. The Morgan fingerprint density at radius 3 is 2.67 bits per heavy atom. The highest BCUT2D eigenvalue weighted by atomic mass is 16.4. The minimum absolute atomic E-state index is 0.503. The zero-order chi connectivity index (χ0) is 15.3. The number of piperazine rings is 1. The maximum Gasteiger partial charge on any atom is 0.323 e. The molecule has 2 rings (SSSR count). The van der Waals surface area contributed by atoms with Gasteiger partial charge in [0.25, 0.3) is 0 Å². The SMILES string of the molecule is CC(N)(CCCN1CCN(c2ccccn2)CC1)C(=O)O. The highest BCUT2D eigenvalue weighted by molar-refractivity contribution is 5.77. The molecule has 1 aliphatic rings. The fourth-order valence-corrected chi connectivity index (χ4v) is 2.52. The van der Waals surface area contributed by atoms with Crippen molar-refractivity contribution in [3.63, 3.8) is 0 Å². The van der Waals surface area contributed by atoms with Gasteiger partial charge in [-0.3, -0.25) is 9.69 Å². The van der Waals surface area contributed by atoms with Crippen molar-refractivity contribution in [2.45, 2.75) is 25.3 Å². The van der Waals surface area contributed by atoms with Gasteiger partial charge in [0.15, 0.2) is 0 Å². The lowest BCUT2D eigenvalue weighted by atomic mass is 9.97. The van der Waals surface area contributed by atoms with Crippen LogP contribution in [0.4, 0.5) is 5.82 Å². The van der Waals surface area contributed by atoms with E-state index >= 15 is 0 Å². The van der Waals surface area contributed by atoms with E-state index in [4.69, 9.17) is 10.8 Å². The Balaban J connectivity index is 1.71. The number of hydrogen-bond donors (Lipinski definition) is 2. The average molecular weight is 292 g/mol. The van der Waals surface area contributed by atoms with Gasteiger partial charge in [-0.1, -0.05) is 6.07 Å². The van der Waals surface area contributed by atoms with E-state index in [0.717, 1.165) is 45.0 Å². The monoisotopic (exact) mass is 292 g/mol. The normalized spacial score (nSPS) is 19.2. The van der Waals surface area contributed by atoms with E-state index in [1.54, 1.807) is 6.92 Å². The van der Waals surface area contributed by atoms with Crippen LogP contribution in [0.25, 0.3) is 0 Å². The van der Waals surface area contributed by atoms with Crippen LogP contribution in [0.5, 0.6) is 0 Å². The molecule has 1 saturated heterocycles. The smallest absolute Gasteiger partial charge is 0.323 e. The van der Waals surface area contributed by atoms with Gasteiger partial charge >= 0.3 is 5.97 Å². The maximum absolute atomic E-state index is 11.0. The van der Waals surface area contributed by atoms with Gasteiger partial charge in [-0.2, -0.15) is 0 Å². The summed E-state index contributed by atoms with van der Waals surface area (Å²) in [5, 5.41) is 8.99. The second-order valence-corrected chi connectivity index (χ2v) is 5.84. The van der Waals surface area contributed by atoms with Gasteiger partial charge in [0.1, 0.15) is 11.4 Å². The largest absolute Gasteiger partial charge is 0.480 e. The summed E-state index contributed by atoms with van der Waals surface area (Å²) in [5.41, 5.74) is 4.62. The lowest BCUT2D eigenvalue weighted by Crippen LogP contribution is -2.48. The van der Waals surface area contributed by atoms with Gasteiger partial charge in [-0.05, 0) is 38.4 Å². The molecule has 0 amide bonds. The first kappa shape index (κ1) is 15.7. The third-order valence-electron chi connectivity index (χ3n) is 4.00. The fraction of sp³-hybridized carbons (Fsp3) is 0.600. The summed E-state index contributed by atoms with van der Waals surface area (Å²) in [6.45, 7) is 6.34. The second-order valence-electron chi connectivity index (χ2n) is 5.84. The van der Waals surface area contributed by atoms with Gasteiger partial charge < -0.3 is 15.7 Å². The number of anilines is 1. The Labute approximate surface area is 125 Å². The highest BCUT2D eigenvalue weighted by Crippen LogP contribution is 2.14. The molecule has 6 heteroatoms. The molecule has 0 aromatic carbocycles. The molecule has 0 bridgehead atoms. The first-order valence-electron chi connectivity index (χ1n) is 7.40. The Morgan fingerprint density at radius 2 is 2.10 bits per heavy atom. The highest BCUT2D eigenvalue weighted by Gasteiger charge is 2.27. The topological polar surface area (TPSA) is 82.7 Å². The first-order chi connectivity index (χ1) is 9.99. The third-order valence-corrected chi connectivity index (χ3v) is 4.00. The number of hydrogen-bond acceptors (Lipinski definition) is 5. The van der Waals surface area contributed by atoms with Crippen molar-refractivity contribution in [3.8, 4) is 0 Å².